The topological polar surface area (TPSA) is 74.0 Å². The van der Waals surface area contributed by atoms with Crippen molar-refractivity contribution < 1.29 is 0 Å². The minimum atomic E-state index is 0.484. The summed E-state index contributed by atoms with van der Waals surface area (Å²) in [5.41, 5.74) is 8.32. The van der Waals surface area contributed by atoms with Crippen molar-refractivity contribution in [3.8, 4) is 11.1 Å². The van der Waals surface area contributed by atoms with E-state index in [9.17, 15) is 0 Å². The van der Waals surface area contributed by atoms with Crippen LogP contribution >= 0.6 is 0 Å². The van der Waals surface area contributed by atoms with Crippen LogP contribution in [0.5, 0.6) is 0 Å². The summed E-state index contributed by atoms with van der Waals surface area (Å²) in [6.45, 7) is 0. The average molecular weight is 214 g/mol. The summed E-state index contributed by atoms with van der Waals surface area (Å²) in [4.78, 5) is 4.26. The molecule has 3 heterocycles. The van der Waals surface area contributed by atoms with Gasteiger partial charge in [-0.2, -0.15) is 10.2 Å². The molecule has 0 aliphatic carbocycles. The average Bonchev–Trinajstić information content (AvgIpc) is 2.83. The van der Waals surface area contributed by atoms with Crippen LogP contribution in [0.2, 0.25) is 0 Å². The molecule has 0 fully saturated rings. The highest BCUT2D eigenvalue weighted by atomic mass is 15.3. The maximum atomic E-state index is 5.66. The van der Waals surface area contributed by atoms with Gasteiger partial charge in [-0.25, -0.2) is 9.50 Å². The number of aromatic nitrogens is 5. The molecular weight excluding hydrogens is 204 g/mol. The highest BCUT2D eigenvalue weighted by molar-refractivity contribution is 5.76. The van der Waals surface area contributed by atoms with Crippen LogP contribution < -0.4 is 5.73 Å². The van der Waals surface area contributed by atoms with Gasteiger partial charge in [0, 0.05) is 30.6 Å². The molecule has 0 bridgehead atoms. The standard InChI is InChI=1S/C10H10N6/c1-15-6-7(4-12-15)8-5-13-16-3-2-9(11)14-10(8)16/h2-6H,1H3,(H2,11,14). The molecule has 3 aromatic heterocycles. The number of anilines is 1. The van der Waals surface area contributed by atoms with E-state index in [0.29, 0.717) is 5.82 Å². The van der Waals surface area contributed by atoms with Gasteiger partial charge >= 0.3 is 0 Å². The molecule has 0 radical (unpaired) electrons. The van der Waals surface area contributed by atoms with E-state index in [1.807, 2.05) is 13.2 Å². The minimum absolute atomic E-state index is 0.484. The van der Waals surface area contributed by atoms with E-state index in [0.717, 1.165) is 16.8 Å². The second-order valence-corrected chi connectivity index (χ2v) is 3.58. The van der Waals surface area contributed by atoms with Crippen LogP contribution in [0.25, 0.3) is 16.8 Å². The summed E-state index contributed by atoms with van der Waals surface area (Å²) >= 11 is 0. The lowest BCUT2D eigenvalue weighted by atomic mass is 10.2. The van der Waals surface area contributed by atoms with Crippen LogP contribution in [-0.2, 0) is 7.05 Å². The van der Waals surface area contributed by atoms with E-state index in [-0.39, 0.29) is 0 Å². The van der Waals surface area contributed by atoms with Gasteiger partial charge < -0.3 is 5.73 Å². The Morgan fingerprint density at radius 3 is 2.88 bits per heavy atom. The summed E-state index contributed by atoms with van der Waals surface area (Å²) in [6, 6.07) is 1.72. The second kappa shape index (κ2) is 3.06. The van der Waals surface area contributed by atoms with Crippen molar-refractivity contribution in [2.45, 2.75) is 0 Å². The van der Waals surface area contributed by atoms with Crippen molar-refractivity contribution in [2.75, 3.05) is 5.73 Å². The smallest absolute Gasteiger partial charge is 0.165 e. The van der Waals surface area contributed by atoms with Gasteiger partial charge in [0.25, 0.3) is 0 Å². The molecule has 0 saturated carbocycles. The van der Waals surface area contributed by atoms with Crippen molar-refractivity contribution in [1.29, 1.82) is 0 Å². The van der Waals surface area contributed by atoms with Gasteiger partial charge in [0.2, 0.25) is 0 Å². The molecule has 0 aliphatic heterocycles. The maximum Gasteiger partial charge on any atom is 0.165 e. The normalized spacial score (nSPS) is 11.1. The van der Waals surface area contributed by atoms with Gasteiger partial charge in [-0.3, -0.25) is 4.68 Å². The number of nitrogens with zero attached hydrogens (tertiary/aromatic N) is 5. The van der Waals surface area contributed by atoms with Crippen LogP contribution in [0, 0.1) is 0 Å². The lowest BCUT2D eigenvalue weighted by Crippen LogP contribution is -1.94. The first-order chi connectivity index (χ1) is 7.74. The Morgan fingerprint density at radius 2 is 2.12 bits per heavy atom. The van der Waals surface area contributed by atoms with Crippen LogP contribution in [0.15, 0.2) is 30.9 Å². The van der Waals surface area contributed by atoms with E-state index in [1.165, 1.54) is 0 Å². The molecule has 0 aromatic carbocycles. The molecule has 0 aliphatic rings. The fourth-order valence-corrected chi connectivity index (χ4v) is 1.65. The predicted octanol–water partition coefficient (Wildman–Crippen LogP) is 0.712. The van der Waals surface area contributed by atoms with Crippen LogP contribution in [0.3, 0.4) is 0 Å². The molecular formula is C10H10N6. The van der Waals surface area contributed by atoms with Crippen LogP contribution in [0.1, 0.15) is 0 Å². The number of nitrogen functional groups attached to an aromatic ring is 1. The number of fused-ring (bicyclic) bond motifs is 1. The van der Waals surface area contributed by atoms with Gasteiger partial charge in [0.05, 0.1) is 12.4 Å². The zero-order valence-corrected chi connectivity index (χ0v) is 8.70. The van der Waals surface area contributed by atoms with Gasteiger partial charge in [-0.05, 0) is 6.07 Å². The third-order valence-corrected chi connectivity index (χ3v) is 2.41. The monoisotopic (exact) mass is 214 g/mol. The SMILES string of the molecule is Cn1cc(-c2cnn3ccc(N)nc23)cn1. The second-order valence-electron chi connectivity index (χ2n) is 3.58. The zero-order chi connectivity index (χ0) is 11.1. The van der Waals surface area contributed by atoms with Crippen molar-refractivity contribution in [1.82, 2.24) is 24.4 Å². The number of hydrogen-bond acceptors (Lipinski definition) is 4. The van der Waals surface area contributed by atoms with E-state index >= 15 is 0 Å². The van der Waals surface area contributed by atoms with Crippen molar-refractivity contribution in [3.05, 3.63) is 30.9 Å². The summed E-state index contributed by atoms with van der Waals surface area (Å²) < 4.78 is 3.43. The highest BCUT2D eigenvalue weighted by Gasteiger charge is 2.09. The Hall–Kier alpha value is -2.37. The molecule has 80 valence electrons. The van der Waals surface area contributed by atoms with Gasteiger partial charge in [0.15, 0.2) is 5.65 Å². The fourth-order valence-electron chi connectivity index (χ4n) is 1.65. The summed E-state index contributed by atoms with van der Waals surface area (Å²) in [5, 5.41) is 8.33. The molecule has 3 rings (SSSR count). The van der Waals surface area contributed by atoms with E-state index < -0.39 is 0 Å². The summed E-state index contributed by atoms with van der Waals surface area (Å²) in [6.07, 6.45) is 7.25. The fraction of sp³-hybridized carbons (Fsp3) is 0.100. The minimum Gasteiger partial charge on any atom is -0.384 e. The van der Waals surface area contributed by atoms with Crippen molar-refractivity contribution in [3.63, 3.8) is 0 Å². The van der Waals surface area contributed by atoms with Gasteiger partial charge in [0.1, 0.15) is 5.82 Å². The quantitative estimate of drug-likeness (QED) is 0.647. The van der Waals surface area contributed by atoms with Crippen molar-refractivity contribution >= 4 is 11.5 Å². The van der Waals surface area contributed by atoms with E-state index in [1.54, 1.807) is 33.9 Å². The third kappa shape index (κ3) is 1.23. The Labute approximate surface area is 91.3 Å². The number of rotatable bonds is 1. The summed E-state index contributed by atoms with van der Waals surface area (Å²) in [7, 11) is 1.87. The molecule has 0 amide bonds. The van der Waals surface area contributed by atoms with Crippen molar-refractivity contribution in [2.24, 2.45) is 7.05 Å². The molecule has 0 saturated heterocycles. The zero-order valence-electron chi connectivity index (χ0n) is 8.70. The van der Waals surface area contributed by atoms with Gasteiger partial charge in [-0.1, -0.05) is 0 Å². The molecule has 2 N–H and O–H groups in total. The highest BCUT2D eigenvalue weighted by Crippen LogP contribution is 2.22. The Bertz CT molecular complexity index is 650. The molecule has 0 atom stereocenters. The first kappa shape index (κ1) is 8.90. The van der Waals surface area contributed by atoms with E-state index in [4.69, 9.17) is 5.73 Å². The molecule has 16 heavy (non-hydrogen) atoms. The lowest BCUT2D eigenvalue weighted by Gasteiger charge is -1.96. The van der Waals surface area contributed by atoms with E-state index in [2.05, 4.69) is 15.2 Å². The Balaban J connectivity index is 2.27. The first-order valence-corrected chi connectivity index (χ1v) is 4.83. The largest absolute Gasteiger partial charge is 0.384 e. The Morgan fingerprint density at radius 1 is 1.25 bits per heavy atom. The number of aryl methyl sites for hydroxylation is 1. The molecule has 3 aromatic rings. The number of hydrogen-bond donors (Lipinski definition) is 1. The van der Waals surface area contributed by atoms with Gasteiger partial charge in [-0.15, -0.1) is 0 Å². The lowest BCUT2D eigenvalue weighted by molar-refractivity contribution is 0.768. The third-order valence-electron chi connectivity index (χ3n) is 2.41. The maximum absolute atomic E-state index is 5.66. The number of nitrogens with two attached hydrogens (primary N) is 1. The molecule has 0 spiro atoms. The molecule has 6 heteroatoms. The predicted molar refractivity (Wildman–Crippen MR) is 59.6 cm³/mol. The van der Waals surface area contributed by atoms with Crippen LogP contribution in [0.4, 0.5) is 5.82 Å². The molecule has 6 nitrogen and oxygen atoms in total. The first-order valence-electron chi connectivity index (χ1n) is 4.83. The Kier molecular flexibility index (Phi) is 1.70. The van der Waals surface area contributed by atoms with Crippen LogP contribution in [-0.4, -0.2) is 24.4 Å². The molecule has 0 unspecified atom stereocenters. The summed E-state index contributed by atoms with van der Waals surface area (Å²) in [5.74, 6) is 0.484.